The molecule has 0 aromatic heterocycles. The van der Waals surface area contributed by atoms with Crippen LogP contribution in [0.5, 0.6) is 5.75 Å². The normalized spacial score (nSPS) is 10.6. The molecule has 0 atom stereocenters. The van der Waals surface area contributed by atoms with Gasteiger partial charge in [0, 0.05) is 5.56 Å². The van der Waals surface area contributed by atoms with E-state index in [1.807, 2.05) is 30.3 Å². The molecule has 0 aliphatic heterocycles. The van der Waals surface area contributed by atoms with E-state index in [1.165, 1.54) is 24.3 Å². The first kappa shape index (κ1) is 21.7. The maximum atomic E-state index is 12.1. The lowest BCUT2D eigenvalue weighted by Crippen LogP contribution is -2.41. The smallest absolute Gasteiger partial charge is 0.426 e. The topological polar surface area (TPSA) is 103 Å². The summed E-state index contributed by atoms with van der Waals surface area (Å²) < 4.78 is 15.5. The average molecular weight is 400 g/mol. The molecule has 2 N–H and O–H groups in total. The van der Waals surface area contributed by atoms with Crippen molar-refractivity contribution < 1.29 is 28.6 Å². The summed E-state index contributed by atoms with van der Waals surface area (Å²) >= 11 is 0. The Bertz CT molecular complexity index is 828. The molecule has 29 heavy (non-hydrogen) atoms. The Hall–Kier alpha value is -3.55. The maximum Gasteiger partial charge on any atom is 0.426 e. The van der Waals surface area contributed by atoms with Gasteiger partial charge in [-0.25, -0.2) is 15.0 Å². The number of amides is 2. The summed E-state index contributed by atoms with van der Waals surface area (Å²) in [6.45, 7) is 5.15. The molecular formula is C21H24N2O6. The Kier molecular flexibility index (Phi) is 7.59. The van der Waals surface area contributed by atoms with E-state index < -0.39 is 23.6 Å². The van der Waals surface area contributed by atoms with E-state index in [9.17, 15) is 14.4 Å². The molecular weight excluding hydrogens is 376 g/mol. The van der Waals surface area contributed by atoms with Gasteiger partial charge in [0.2, 0.25) is 0 Å². The number of hydrogen-bond donors (Lipinski definition) is 2. The second-order valence-electron chi connectivity index (χ2n) is 7.04. The van der Waals surface area contributed by atoms with Crippen molar-refractivity contribution in [3.8, 4) is 5.75 Å². The molecule has 0 fully saturated rings. The van der Waals surface area contributed by atoms with Gasteiger partial charge >= 0.3 is 12.1 Å². The summed E-state index contributed by atoms with van der Waals surface area (Å²) in [7, 11) is 0. The monoisotopic (exact) mass is 400 g/mol. The fourth-order valence-corrected chi connectivity index (χ4v) is 2.15. The van der Waals surface area contributed by atoms with Gasteiger partial charge in [-0.15, -0.1) is 0 Å². The molecule has 2 amide bonds. The van der Waals surface area contributed by atoms with Crippen LogP contribution in [0.15, 0.2) is 54.6 Å². The molecule has 8 heteroatoms. The predicted molar refractivity (Wildman–Crippen MR) is 105 cm³/mol. The minimum atomic E-state index is -0.778. The molecule has 8 nitrogen and oxygen atoms in total. The summed E-state index contributed by atoms with van der Waals surface area (Å²) in [5, 5.41) is 0. The number of esters is 1. The van der Waals surface area contributed by atoms with Gasteiger partial charge in [-0.3, -0.25) is 10.2 Å². The average Bonchev–Trinajstić information content (AvgIpc) is 2.69. The van der Waals surface area contributed by atoms with Crippen LogP contribution < -0.4 is 15.6 Å². The molecule has 2 aromatic rings. The molecule has 0 bridgehead atoms. The predicted octanol–water partition coefficient (Wildman–Crippen LogP) is 2.98. The van der Waals surface area contributed by atoms with Crippen LogP contribution >= 0.6 is 0 Å². The molecule has 0 spiro atoms. The molecule has 0 heterocycles. The lowest BCUT2D eigenvalue weighted by molar-refractivity contribution is -0.157. The Morgan fingerprint density at radius 1 is 0.897 bits per heavy atom. The minimum absolute atomic E-state index is 0.0895. The third kappa shape index (κ3) is 8.34. The molecule has 0 saturated heterocycles. The Labute approximate surface area is 169 Å². The molecule has 0 radical (unpaired) electrons. The van der Waals surface area contributed by atoms with E-state index in [0.29, 0.717) is 5.75 Å². The highest BCUT2D eigenvalue weighted by Crippen LogP contribution is 2.13. The van der Waals surface area contributed by atoms with Crippen molar-refractivity contribution in [1.29, 1.82) is 0 Å². The first-order chi connectivity index (χ1) is 13.7. The van der Waals surface area contributed by atoms with Crippen molar-refractivity contribution in [3.63, 3.8) is 0 Å². The third-order valence-electron chi connectivity index (χ3n) is 3.38. The molecule has 2 rings (SSSR count). The molecule has 0 unspecified atom stereocenters. The summed E-state index contributed by atoms with van der Waals surface area (Å²) in [5.74, 6) is -0.611. The fraction of sp³-hybridized carbons (Fsp3) is 0.286. The second kappa shape index (κ2) is 10.1. The SMILES string of the molecule is CC(C)(C)OC(=O)COc1ccc(C(=O)NNC(=O)OCc2ccccc2)cc1. The van der Waals surface area contributed by atoms with Crippen LogP contribution in [0.1, 0.15) is 36.7 Å². The maximum absolute atomic E-state index is 12.1. The zero-order valence-electron chi connectivity index (χ0n) is 16.6. The van der Waals surface area contributed by atoms with E-state index in [-0.39, 0.29) is 18.8 Å². The molecule has 0 aliphatic carbocycles. The lowest BCUT2D eigenvalue weighted by Gasteiger charge is -2.19. The Morgan fingerprint density at radius 3 is 2.17 bits per heavy atom. The number of carbonyl (C=O) groups is 3. The van der Waals surface area contributed by atoms with Gasteiger partial charge in [-0.2, -0.15) is 0 Å². The van der Waals surface area contributed by atoms with Crippen molar-refractivity contribution in [3.05, 3.63) is 65.7 Å². The van der Waals surface area contributed by atoms with Crippen LogP contribution in [0.4, 0.5) is 4.79 Å². The number of carbonyl (C=O) groups excluding carboxylic acids is 3. The van der Waals surface area contributed by atoms with E-state index in [0.717, 1.165) is 5.56 Å². The largest absolute Gasteiger partial charge is 0.482 e. The quantitative estimate of drug-likeness (QED) is 0.571. The number of hydrazine groups is 1. The van der Waals surface area contributed by atoms with Crippen LogP contribution in [0.3, 0.4) is 0 Å². The lowest BCUT2D eigenvalue weighted by atomic mass is 10.2. The van der Waals surface area contributed by atoms with Gasteiger partial charge in [0.15, 0.2) is 6.61 Å². The van der Waals surface area contributed by atoms with Gasteiger partial charge in [0.25, 0.3) is 5.91 Å². The Morgan fingerprint density at radius 2 is 1.55 bits per heavy atom. The molecule has 154 valence electrons. The van der Waals surface area contributed by atoms with Crippen LogP contribution in [0.25, 0.3) is 0 Å². The van der Waals surface area contributed by atoms with E-state index in [4.69, 9.17) is 14.2 Å². The summed E-state index contributed by atoms with van der Waals surface area (Å²) in [6.07, 6.45) is -0.778. The fourth-order valence-electron chi connectivity index (χ4n) is 2.15. The number of benzene rings is 2. The van der Waals surface area contributed by atoms with Gasteiger partial charge in [-0.05, 0) is 50.6 Å². The highest BCUT2D eigenvalue weighted by atomic mass is 16.6. The summed E-state index contributed by atoms with van der Waals surface area (Å²) in [6, 6.07) is 15.2. The van der Waals surface area contributed by atoms with Crippen molar-refractivity contribution in [2.75, 3.05) is 6.61 Å². The standard InChI is InChI=1S/C21H24N2O6/c1-21(2,3)29-18(24)14-27-17-11-9-16(10-12-17)19(25)22-23-20(26)28-13-15-7-5-4-6-8-15/h4-12H,13-14H2,1-3H3,(H,22,25)(H,23,26). The first-order valence-corrected chi connectivity index (χ1v) is 8.95. The van der Waals surface area contributed by atoms with Crippen LogP contribution in [-0.4, -0.2) is 30.2 Å². The minimum Gasteiger partial charge on any atom is -0.482 e. The number of rotatable bonds is 6. The number of hydrogen-bond acceptors (Lipinski definition) is 6. The van der Waals surface area contributed by atoms with Crippen LogP contribution in [0, 0.1) is 0 Å². The second-order valence-corrected chi connectivity index (χ2v) is 7.04. The highest BCUT2D eigenvalue weighted by molar-refractivity contribution is 5.95. The zero-order chi connectivity index (χ0) is 21.3. The van der Waals surface area contributed by atoms with Gasteiger partial charge in [0.1, 0.15) is 18.0 Å². The van der Waals surface area contributed by atoms with Crippen molar-refractivity contribution in [2.24, 2.45) is 0 Å². The zero-order valence-corrected chi connectivity index (χ0v) is 16.6. The van der Waals surface area contributed by atoms with E-state index in [2.05, 4.69) is 10.9 Å². The first-order valence-electron chi connectivity index (χ1n) is 8.95. The van der Waals surface area contributed by atoms with Gasteiger partial charge in [0.05, 0.1) is 0 Å². The third-order valence-corrected chi connectivity index (χ3v) is 3.38. The van der Waals surface area contributed by atoms with Gasteiger partial charge < -0.3 is 14.2 Å². The summed E-state index contributed by atoms with van der Waals surface area (Å²) in [4.78, 5) is 35.3. The van der Waals surface area contributed by atoms with Crippen molar-refractivity contribution in [1.82, 2.24) is 10.9 Å². The molecule has 0 saturated carbocycles. The Balaban J connectivity index is 1.74. The van der Waals surface area contributed by atoms with Crippen molar-refractivity contribution in [2.45, 2.75) is 33.0 Å². The van der Waals surface area contributed by atoms with Crippen molar-refractivity contribution >= 4 is 18.0 Å². The van der Waals surface area contributed by atoms with Gasteiger partial charge in [-0.1, -0.05) is 30.3 Å². The molecule has 2 aromatic carbocycles. The van der Waals surface area contributed by atoms with Crippen LogP contribution in [-0.2, 0) is 20.9 Å². The summed E-state index contributed by atoms with van der Waals surface area (Å²) in [5.41, 5.74) is 4.96. The van der Waals surface area contributed by atoms with Crippen LogP contribution in [0.2, 0.25) is 0 Å². The number of nitrogens with one attached hydrogen (secondary N) is 2. The number of ether oxygens (including phenoxy) is 3. The molecule has 0 aliphatic rings. The highest BCUT2D eigenvalue weighted by Gasteiger charge is 2.16. The van der Waals surface area contributed by atoms with E-state index in [1.54, 1.807) is 20.8 Å². The van der Waals surface area contributed by atoms with E-state index >= 15 is 0 Å².